The summed E-state index contributed by atoms with van der Waals surface area (Å²) in [6.07, 6.45) is 10.3. The van der Waals surface area contributed by atoms with Crippen LogP contribution >= 0.6 is 0 Å². The number of aliphatic hydroxyl groups excluding tert-OH is 1. The summed E-state index contributed by atoms with van der Waals surface area (Å²) in [6, 6.07) is 69.3. The average Bonchev–Trinajstić information content (AvgIpc) is 1.09. The van der Waals surface area contributed by atoms with Crippen molar-refractivity contribution < 1.29 is 28.8 Å². The Hall–Kier alpha value is -8.84. The first-order valence-electron chi connectivity index (χ1n) is 34.1. The zero-order chi connectivity index (χ0) is 68.1. The smallest absolute Gasteiger partial charge is 0.126 e. The molecule has 0 saturated carbocycles. The van der Waals surface area contributed by atoms with Crippen molar-refractivity contribution in [3.63, 3.8) is 0 Å². The van der Waals surface area contributed by atoms with Crippen LogP contribution < -0.4 is 23.7 Å². The van der Waals surface area contributed by atoms with Crippen molar-refractivity contribution in [2.75, 3.05) is 35.5 Å². The van der Waals surface area contributed by atoms with E-state index in [2.05, 4.69) is 277 Å². The van der Waals surface area contributed by atoms with E-state index in [1.165, 1.54) is 94.6 Å². The molecule has 0 aliphatic carbocycles. The normalized spacial score (nSPS) is 10.5. The second kappa shape index (κ2) is 38.4. The van der Waals surface area contributed by atoms with Gasteiger partial charge in [0.05, 0.1) is 42.2 Å². The van der Waals surface area contributed by atoms with Gasteiger partial charge in [-0.25, -0.2) is 0 Å². The number of aryl methyl sites for hydroxylation is 11. The van der Waals surface area contributed by atoms with E-state index in [0.717, 1.165) is 126 Å². The van der Waals surface area contributed by atoms with Gasteiger partial charge in [-0.05, 0) is 231 Å². The summed E-state index contributed by atoms with van der Waals surface area (Å²) in [7, 11) is 8.59. The molecule has 0 atom stereocenters. The Morgan fingerprint density at radius 3 is 0.957 bits per heavy atom. The van der Waals surface area contributed by atoms with Crippen LogP contribution in [0.25, 0.3) is 55.6 Å². The van der Waals surface area contributed by atoms with Gasteiger partial charge in [0.25, 0.3) is 0 Å². The van der Waals surface area contributed by atoms with Gasteiger partial charge < -0.3 is 28.8 Å². The third-order valence-corrected chi connectivity index (χ3v) is 17.9. The molecule has 0 unspecified atom stereocenters. The Balaban J connectivity index is 0.000000186. The van der Waals surface area contributed by atoms with Crippen molar-refractivity contribution in [3.05, 3.63) is 266 Å². The van der Waals surface area contributed by atoms with Gasteiger partial charge in [-0.1, -0.05) is 227 Å². The van der Waals surface area contributed by atoms with Gasteiger partial charge in [-0.2, -0.15) is 0 Å². The highest BCUT2D eigenvalue weighted by molar-refractivity contribution is 5.73. The zero-order valence-corrected chi connectivity index (χ0v) is 59.7. The Morgan fingerprint density at radius 1 is 0.234 bits per heavy atom. The summed E-state index contributed by atoms with van der Waals surface area (Å²) < 4.78 is 27.4. The second-order valence-corrected chi connectivity index (χ2v) is 23.5. The third kappa shape index (κ3) is 20.1. The Kier molecular flexibility index (Phi) is 30.3. The Labute approximate surface area is 566 Å². The lowest BCUT2D eigenvalue weighted by molar-refractivity contribution is 0.280. The number of aliphatic hydroxyl groups is 1. The van der Waals surface area contributed by atoms with Gasteiger partial charge in [0, 0.05) is 11.1 Å². The van der Waals surface area contributed by atoms with E-state index in [1.54, 1.807) is 35.5 Å². The molecule has 0 spiro atoms. The highest BCUT2D eigenvalue weighted by atomic mass is 16.5. The molecule has 1 N–H and O–H groups in total. The number of rotatable bonds is 21. The minimum absolute atomic E-state index is 0.0845. The number of benzene rings is 10. The predicted molar refractivity (Wildman–Crippen MR) is 401 cm³/mol. The van der Waals surface area contributed by atoms with E-state index in [1.807, 2.05) is 0 Å². The molecule has 10 aromatic carbocycles. The summed E-state index contributed by atoms with van der Waals surface area (Å²) in [6.45, 7) is 26.1. The molecule has 0 bridgehead atoms. The van der Waals surface area contributed by atoms with E-state index in [0.29, 0.717) is 0 Å². The van der Waals surface area contributed by atoms with E-state index in [-0.39, 0.29) is 6.61 Å². The number of hydrogen-bond acceptors (Lipinski definition) is 6. The fourth-order valence-corrected chi connectivity index (χ4v) is 11.7. The van der Waals surface area contributed by atoms with E-state index >= 15 is 0 Å². The van der Waals surface area contributed by atoms with Crippen LogP contribution in [0.4, 0.5) is 0 Å². The topological polar surface area (TPSA) is 66.4 Å². The van der Waals surface area contributed by atoms with Gasteiger partial charge in [0.2, 0.25) is 0 Å². The Bertz CT molecular complexity index is 3830. The molecule has 10 aromatic rings. The first-order valence-corrected chi connectivity index (χ1v) is 34.1. The lowest BCUT2D eigenvalue weighted by Crippen LogP contribution is -1.96. The van der Waals surface area contributed by atoms with E-state index in [9.17, 15) is 5.11 Å². The molecule has 6 nitrogen and oxygen atoms in total. The second-order valence-electron chi connectivity index (χ2n) is 23.5. The van der Waals surface area contributed by atoms with Crippen molar-refractivity contribution in [2.45, 2.75) is 154 Å². The fourth-order valence-electron chi connectivity index (χ4n) is 11.7. The van der Waals surface area contributed by atoms with Crippen molar-refractivity contribution in [1.82, 2.24) is 0 Å². The molecular formula is C88H106O6. The first-order chi connectivity index (χ1) is 45.7. The van der Waals surface area contributed by atoms with Gasteiger partial charge in [-0.15, -0.1) is 0 Å². The monoisotopic (exact) mass is 1260 g/mol. The molecule has 0 aliphatic rings. The predicted octanol–water partition coefficient (Wildman–Crippen LogP) is 22.5. The first kappa shape index (κ1) is 74.2. The van der Waals surface area contributed by atoms with Crippen LogP contribution in [0.15, 0.2) is 194 Å². The van der Waals surface area contributed by atoms with Crippen LogP contribution in [0.5, 0.6) is 28.7 Å². The molecule has 10 rings (SSSR count). The summed E-state index contributed by atoms with van der Waals surface area (Å²) in [5.41, 5.74) is 28.9. The summed E-state index contributed by atoms with van der Waals surface area (Å²) in [4.78, 5) is 0. The molecule has 94 heavy (non-hydrogen) atoms. The summed E-state index contributed by atoms with van der Waals surface area (Å²) in [5.74, 6) is 4.64. The van der Waals surface area contributed by atoms with Gasteiger partial charge in [-0.3, -0.25) is 0 Å². The molecule has 0 heterocycles. The van der Waals surface area contributed by atoms with Crippen LogP contribution in [-0.4, -0.2) is 40.7 Å². The zero-order valence-electron chi connectivity index (χ0n) is 59.7. The maximum absolute atomic E-state index is 9.48. The molecule has 6 heteroatoms. The summed E-state index contributed by atoms with van der Waals surface area (Å²) >= 11 is 0. The molecule has 0 fully saturated rings. The van der Waals surface area contributed by atoms with Crippen molar-refractivity contribution in [2.24, 2.45) is 0 Å². The maximum atomic E-state index is 9.48. The highest BCUT2D eigenvalue weighted by Crippen LogP contribution is 2.37. The van der Waals surface area contributed by atoms with Crippen LogP contribution in [0.1, 0.15) is 142 Å². The molecule has 0 radical (unpaired) electrons. The SMILES string of the molecule is CCc1ccc(-c2cc(C)c(CC)cc2C)cc1.CCc1ccc(-c2cc(OC)c(CC)c(OC)c2)cc1.CCc1ccc(-c2ccc(CC)c(OC)c2)cc1.CCc1ccc(-c2ccc(CC)c(OC)c2)cc1CO.CCc1ccc(-c2ccc(CC)cc2OC)cc1. The molecule has 0 amide bonds. The lowest BCUT2D eigenvalue weighted by atomic mass is 9.93. The number of methoxy groups -OCH3 is 5. The van der Waals surface area contributed by atoms with Crippen LogP contribution in [0.3, 0.4) is 0 Å². The molecular weight excluding hydrogens is 1150 g/mol. The number of hydrogen-bond donors (Lipinski definition) is 1. The molecule has 0 saturated heterocycles. The third-order valence-electron chi connectivity index (χ3n) is 17.9. The quantitative estimate of drug-likeness (QED) is 0.0773. The standard InChI is InChI=1S/2C18H22O2.C18H22.2C17H20O/c1-5-13-7-9-14(10-8-13)15-11-17(19-3)16(6-2)18(12-15)20-4;1-4-13-6-8-15(10-17(13)12-19)16-9-7-14(5-2)18(11-16)20-3;1-5-15-7-9-17(10-8-15)18-12-13(3)16(6-2)11-14(18)4;1-4-13-6-9-15(10-7-13)16-11-8-14(5-2)12-17(16)18-3;1-4-13-6-8-15(9-7-13)16-11-10-14(5-2)17(12-16)18-3/h7-12H,5-6H2,1-4H3;6-11,19H,4-5,12H2,1-3H3;7-12H,5-6H2,1-4H3;2*6-12H,4-5H2,1-3H3. The van der Waals surface area contributed by atoms with Crippen molar-refractivity contribution in [3.8, 4) is 84.4 Å². The van der Waals surface area contributed by atoms with Gasteiger partial charge in [0.15, 0.2) is 0 Å². The van der Waals surface area contributed by atoms with Crippen LogP contribution in [-0.2, 0) is 70.8 Å². The largest absolute Gasteiger partial charge is 0.496 e. The minimum Gasteiger partial charge on any atom is -0.496 e. The van der Waals surface area contributed by atoms with Crippen LogP contribution in [0, 0.1) is 13.8 Å². The van der Waals surface area contributed by atoms with Crippen molar-refractivity contribution >= 4 is 0 Å². The lowest BCUT2D eigenvalue weighted by Gasteiger charge is -2.14. The van der Waals surface area contributed by atoms with Gasteiger partial charge >= 0.3 is 0 Å². The van der Waals surface area contributed by atoms with Crippen molar-refractivity contribution in [1.29, 1.82) is 0 Å². The molecule has 0 aromatic heterocycles. The Morgan fingerprint density at radius 2 is 0.574 bits per heavy atom. The van der Waals surface area contributed by atoms with E-state index in [4.69, 9.17) is 23.7 Å². The molecule has 494 valence electrons. The summed E-state index contributed by atoms with van der Waals surface area (Å²) in [5, 5.41) is 9.48. The average molecular weight is 1260 g/mol. The number of ether oxygens (including phenoxy) is 5. The van der Waals surface area contributed by atoms with Gasteiger partial charge in [0.1, 0.15) is 28.7 Å². The minimum atomic E-state index is 0.0845. The highest BCUT2D eigenvalue weighted by Gasteiger charge is 2.14. The molecule has 0 aliphatic heterocycles. The van der Waals surface area contributed by atoms with Crippen LogP contribution in [0.2, 0.25) is 0 Å². The fraction of sp³-hybridized carbons (Fsp3) is 0.318. The van der Waals surface area contributed by atoms with E-state index < -0.39 is 0 Å². The maximum Gasteiger partial charge on any atom is 0.126 e.